The number of hydrogen-bond donors (Lipinski definition) is 1. The molecule has 0 aromatic heterocycles. The Bertz CT molecular complexity index is 726. The second-order valence-corrected chi connectivity index (χ2v) is 5.38. The number of rotatable bonds is 8. The van der Waals surface area contributed by atoms with Gasteiger partial charge in [0.25, 0.3) is 0 Å². The standard InChI is InChI=1S/C18H19F3N2O3/c1-23(9-11-25-15-5-2-13(19)3-6-15)18(24)22-8-10-26-17-7-4-14(20)12-16(17)21/h2-7,12H,8-11H2,1H3,(H,22,24). The van der Waals surface area contributed by atoms with Crippen molar-refractivity contribution >= 4 is 6.03 Å². The molecule has 0 fully saturated rings. The summed E-state index contributed by atoms with van der Waals surface area (Å²) in [5.74, 6) is -1.41. The van der Waals surface area contributed by atoms with Crippen molar-refractivity contribution in [2.24, 2.45) is 0 Å². The zero-order valence-electron chi connectivity index (χ0n) is 14.2. The molecule has 5 nitrogen and oxygen atoms in total. The first-order chi connectivity index (χ1) is 12.5. The normalized spacial score (nSPS) is 10.3. The van der Waals surface area contributed by atoms with Crippen LogP contribution in [0.1, 0.15) is 0 Å². The van der Waals surface area contributed by atoms with Gasteiger partial charge in [-0.1, -0.05) is 0 Å². The predicted molar refractivity (Wildman–Crippen MR) is 89.8 cm³/mol. The Hall–Kier alpha value is -2.90. The van der Waals surface area contributed by atoms with E-state index in [4.69, 9.17) is 9.47 Å². The maximum atomic E-state index is 13.4. The number of carbonyl (C=O) groups excluding carboxylic acids is 1. The number of benzene rings is 2. The van der Waals surface area contributed by atoms with Crippen LogP contribution in [0, 0.1) is 17.5 Å². The largest absolute Gasteiger partial charge is 0.492 e. The molecule has 0 saturated carbocycles. The van der Waals surface area contributed by atoms with E-state index in [1.807, 2.05) is 0 Å². The average Bonchev–Trinajstić information content (AvgIpc) is 2.61. The van der Waals surface area contributed by atoms with Gasteiger partial charge in [0, 0.05) is 13.1 Å². The average molecular weight is 368 g/mol. The second-order valence-electron chi connectivity index (χ2n) is 5.38. The molecule has 2 aromatic carbocycles. The van der Waals surface area contributed by atoms with E-state index in [0.29, 0.717) is 12.3 Å². The van der Waals surface area contributed by atoms with Crippen LogP contribution in [0.4, 0.5) is 18.0 Å². The molecule has 0 unspecified atom stereocenters. The van der Waals surface area contributed by atoms with Gasteiger partial charge in [-0.2, -0.15) is 0 Å². The summed E-state index contributed by atoms with van der Waals surface area (Å²) in [6, 6.07) is 8.23. The fourth-order valence-corrected chi connectivity index (χ4v) is 1.98. The molecule has 0 heterocycles. The molecule has 140 valence electrons. The lowest BCUT2D eigenvalue weighted by Crippen LogP contribution is -2.40. The number of hydrogen-bond acceptors (Lipinski definition) is 3. The third-order valence-electron chi connectivity index (χ3n) is 3.39. The highest BCUT2D eigenvalue weighted by Gasteiger charge is 2.09. The van der Waals surface area contributed by atoms with Crippen molar-refractivity contribution in [1.82, 2.24) is 10.2 Å². The van der Waals surface area contributed by atoms with E-state index in [1.54, 1.807) is 7.05 Å². The van der Waals surface area contributed by atoms with E-state index in [9.17, 15) is 18.0 Å². The number of urea groups is 1. The van der Waals surface area contributed by atoms with Crippen molar-refractivity contribution in [2.75, 3.05) is 33.4 Å². The fourth-order valence-electron chi connectivity index (χ4n) is 1.98. The summed E-state index contributed by atoms with van der Waals surface area (Å²) >= 11 is 0. The van der Waals surface area contributed by atoms with Gasteiger partial charge in [0.2, 0.25) is 0 Å². The number of likely N-dealkylation sites (N-methyl/N-ethyl adjacent to an activating group) is 1. The number of carbonyl (C=O) groups is 1. The summed E-state index contributed by atoms with van der Waals surface area (Å²) in [7, 11) is 1.59. The fraction of sp³-hybridized carbons (Fsp3) is 0.278. The second kappa shape index (κ2) is 9.55. The summed E-state index contributed by atoms with van der Waals surface area (Å²) in [6.45, 7) is 0.747. The van der Waals surface area contributed by atoms with Gasteiger partial charge in [0.15, 0.2) is 11.6 Å². The Morgan fingerprint density at radius 2 is 1.69 bits per heavy atom. The van der Waals surface area contributed by atoms with Gasteiger partial charge in [-0.3, -0.25) is 0 Å². The summed E-state index contributed by atoms with van der Waals surface area (Å²) in [6.07, 6.45) is 0. The summed E-state index contributed by atoms with van der Waals surface area (Å²) in [5, 5.41) is 2.60. The van der Waals surface area contributed by atoms with E-state index in [2.05, 4.69) is 5.32 Å². The maximum absolute atomic E-state index is 13.4. The van der Waals surface area contributed by atoms with Gasteiger partial charge in [-0.15, -0.1) is 0 Å². The van der Waals surface area contributed by atoms with Gasteiger partial charge in [-0.25, -0.2) is 18.0 Å². The molecule has 2 rings (SSSR count). The smallest absolute Gasteiger partial charge is 0.317 e. The lowest BCUT2D eigenvalue weighted by molar-refractivity contribution is 0.192. The minimum atomic E-state index is -0.800. The maximum Gasteiger partial charge on any atom is 0.317 e. The summed E-state index contributed by atoms with van der Waals surface area (Å²) in [4.78, 5) is 13.3. The molecule has 0 saturated heterocycles. The molecule has 2 amide bonds. The molecule has 0 bridgehead atoms. The Balaban J connectivity index is 1.63. The van der Waals surface area contributed by atoms with Crippen molar-refractivity contribution in [3.05, 3.63) is 59.9 Å². The Morgan fingerprint density at radius 3 is 2.38 bits per heavy atom. The summed E-state index contributed by atoms with van der Waals surface area (Å²) in [5.41, 5.74) is 0. The molecule has 0 atom stereocenters. The van der Waals surface area contributed by atoms with Crippen LogP contribution >= 0.6 is 0 Å². The molecule has 0 aliphatic rings. The van der Waals surface area contributed by atoms with E-state index in [0.717, 1.165) is 12.1 Å². The van der Waals surface area contributed by atoms with E-state index >= 15 is 0 Å². The van der Waals surface area contributed by atoms with Crippen molar-refractivity contribution < 1.29 is 27.4 Å². The molecule has 0 aliphatic carbocycles. The van der Waals surface area contributed by atoms with E-state index in [1.165, 1.54) is 35.2 Å². The van der Waals surface area contributed by atoms with Crippen LogP contribution in [0.15, 0.2) is 42.5 Å². The van der Waals surface area contributed by atoms with Gasteiger partial charge >= 0.3 is 6.03 Å². The molecule has 8 heteroatoms. The third kappa shape index (κ3) is 6.19. The lowest BCUT2D eigenvalue weighted by Gasteiger charge is -2.18. The van der Waals surface area contributed by atoms with Crippen molar-refractivity contribution in [2.45, 2.75) is 0 Å². The van der Waals surface area contributed by atoms with Crippen LogP contribution in [-0.4, -0.2) is 44.3 Å². The zero-order valence-corrected chi connectivity index (χ0v) is 14.2. The molecular formula is C18H19F3N2O3. The first-order valence-electron chi connectivity index (χ1n) is 7.91. The van der Waals surface area contributed by atoms with Crippen LogP contribution in [0.2, 0.25) is 0 Å². The SMILES string of the molecule is CN(CCOc1ccc(F)cc1)C(=O)NCCOc1ccc(F)cc1F. The Labute approximate surface area is 149 Å². The molecule has 0 spiro atoms. The number of halogens is 3. The first kappa shape index (κ1) is 19.4. The Morgan fingerprint density at radius 1 is 1.00 bits per heavy atom. The minimum Gasteiger partial charge on any atom is -0.492 e. The number of amides is 2. The van der Waals surface area contributed by atoms with Crippen LogP contribution in [0.3, 0.4) is 0 Å². The highest BCUT2D eigenvalue weighted by atomic mass is 19.1. The van der Waals surface area contributed by atoms with E-state index < -0.39 is 11.6 Å². The molecule has 2 aromatic rings. The quantitative estimate of drug-likeness (QED) is 0.728. The topological polar surface area (TPSA) is 50.8 Å². The van der Waals surface area contributed by atoms with Crippen molar-refractivity contribution in [1.29, 1.82) is 0 Å². The lowest BCUT2D eigenvalue weighted by atomic mass is 10.3. The van der Waals surface area contributed by atoms with Crippen LogP contribution in [0.25, 0.3) is 0 Å². The molecular weight excluding hydrogens is 349 g/mol. The zero-order chi connectivity index (χ0) is 18.9. The minimum absolute atomic E-state index is 0.0359. The summed E-state index contributed by atoms with van der Waals surface area (Å²) < 4.78 is 49.5. The third-order valence-corrected chi connectivity index (χ3v) is 3.39. The Kier molecular flexibility index (Phi) is 7.13. The van der Waals surface area contributed by atoms with Crippen LogP contribution in [0.5, 0.6) is 11.5 Å². The van der Waals surface area contributed by atoms with Crippen molar-refractivity contribution in [3.63, 3.8) is 0 Å². The van der Waals surface area contributed by atoms with Crippen molar-refractivity contribution in [3.8, 4) is 11.5 Å². The highest BCUT2D eigenvalue weighted by molar-refractivity contribution is 5.73. The number of nitrogens with one attached hydrogen (secondary N) is 1. The van der Waals surface area contributed by atoms with Crippen LogP contribution in [-0.2, 0) is 0 Å². The highest BCUT2D eigenvalue weighted by Crippen LogP contribution is 2.17. The molecule has 0 radical (unpaired) electrons. The number of nitrogens with zero attached hydrogens (tertiary/aromatic N) is 1. The predicted octanol–water partition coefficient (Wildman–Crippen LogP) is 3.20. The monoisotopic (exact) mass is 368 g/mol. The molecule has 26 heavy (non-hydrogen) atoms. The van der Waals surface area contributed by atoms with Gasteiger partial charge in [-0.05, 0) is 36.4 Å². The molecule has 1 N–H and O–H groups in total. The molecule has 0 aliphatic heterocycles. The van der Waals surface area contributed by atoms with Gasteiger partial charge in [0.1, 0.15) is 30.6 Å². The van der Waals surface area contributed by atoms with Gasteiger partial charge < -0.3 is 19.7 Å². The van der Waals surface area contributed by atoms with Gasteiger partial charge in [0.05, 0.1) is 13.1 Å². The first-order valence-corrected chi connectivity index (χ1v) is 7.91. The number of ether oxygens (including phenoxy) is 2. The van der Waals surface area contributed by atoms with E-state index in [-0.39, 0.29) is 37.4 Å². The van der Waals surface area contributed by atoms with Crippen LogP contribution < -0.4 is 14.8 Å².